The van der Waals surface area contributed by atoms with Crippen molar-refractivity contribution >= 4 is 6.09 Å². The number of unbranched alkanes of at least 4 members (excludes halogenated alkanes) is 2. The Hall–Kier alpha value is -0.270. The molecular formula is C55H99Cl2N2O4-. The molecule has 8 fully saturated rings. The Labute approximate surface area is 399 Å². The Morgan fingerprint density at radius 2 is 1.02 bits per heavy atom. The van der Waals surface area contributed by atoms with E-state index in [1.165, 1.54) is 122 Å². The minimum atomic E-state index is -0.430. The Balaban J connectivity index is 0.000000236. The number of aliphatic hydroxyl groups is 2. The summed E-state index contributed by atoms with van der Waals surface area (Å²) in [7, 11) is 0. The number of quaternary nitrogens is 1. The number of hydrogen-bond acceptors (Lipinski definition) is 4. The molecular weight excluding hydrogens is 824 g/mol. The fraction of sp³-hybridized carbons (Fsp3) is 0.982. The first-order chi connectivity index (χ1) is 28.8. The number of fused-ring (bicyclic) bond motifs is 10. The van der Waals surface area contributed by atoms with E-state index in [0.29, 0.717) is 28.2 Å². The van der Waals surface area contributed by atoms with Crippen LogP contribution < -0.4 is 35.9 Å². The molecule has 8 heteroatoms. The summed E-state index contributed by atoms with van der Waals surface area (Å²) in [5.74, 6) is 10.7. The summed E-state index contributed by atoms with van der Waals surface area (Å²) < 4.78 is 5.35. The van der Waals surface area contributed by atoms with E-state index in [4.69, 9.17) is 4.74 Å². The number of alkyl carbamates (subject to hydrolysis) is 1. The van der Waals surface area contributed by atoms with Crippen molar-refractivity contribution in [3.05, 3.63) is 0 Å². The number of hydrogen-bond donors (Lipinski definition) is 4. The molecule has 8 saturated carbocycles. The topological polar surface area (TPSA) is 106 Å². The van der Waals surface area contributed by atoms with Crippen LogP contribution in [-0.4, -0.2) is 47.2 Å². The number of nitrogens with one attached hydrogen (secondary N) is 1. The number of amides is 1. The largest absolute Gasteiger partial charge is 1.00 e. The van der Waals surface area contributed by atoms with Crippen LogP contribution in [0, 0.1) is 92.7 Å². The zero-order chi connectivity index (χ0) is 44.0. The molecule has 0 saturated heterocycles. The van der Waals surface area contributed by atoms with Gasteiger partial charge in [-0.3, -0.25) is 0 Å². The molecule has 368 valence electrons. The summed E-state index contributed by atoms with van der Waals surface area (Å²) >= 11 is 0. The number of halogens is 2. The third-order valence-corrected chi connectivity index (χ3v) is 21.7. The molecule has 0 aromatic heterocycles. The van der Waals surface area contributed by atoms with Crippen LogP contribution in [0.15, 0.2) is 0 Å². The van der Waals surface area contributed by atoms with Gasteiger partial charge in [-0.2, -0.15) is 0 Å². The van der Waals surface area contributed by atoms with Crippen molar-refractivity contribution in [2.24, 2.45) is 92.7 Å². The normalized spacial score (nSPS) is 44.8. The van der Waals surface area contributed by atoms with Gasteiger partial charge in [0, 0.05) is 6.54 Å². The maximum Gasteiger partial charge on any atom is 0.407 e. The molecule has 0 spiro atoms. The molecule has 63 heavy (non-hydrogen) atoms. The molecule has 2 unspecified atom stereocenters. The second kappa shape index (κ2) is 21.6. The van der Waals surface area contributed by atoms with Crippen LogP contribution in [0.3, 0.4) is 0 Å². The fourth-order valence-electron chi connectivity index (χ4n) is 18.6. The van der Waals surface area contributed by atoms with Gasteiger partial charge < -0.3 is 50.8 Å². The molecule has 0 radical (unpaired) electrons. The second-order valence-corrected chi connectivity index (χ2v) is 25.9. The molecule has 1 amide bonds. The van der Waals surface area contributed by atoms with Crippen molar-refractivity contribution in [2.75, 3.05) is 13.1 Å². The van der Waals surface area contributed by atoms with E-state index in [2.05, 4.69) is 52.6 Å². The molecule has 0 aromatic rings. The van der Waals surface area contributed by atoms with Crippen LogP contribution in [0.25, 0.3) is 0 Å². The van der Waals surface area contributed by atoms with Gasteiger partial charge in [-0.25, -0.2) is 4.79 Å². The number of ether oxygens (including phenoxy) is 1. The van der Waals surface area contributed by atoms with Gasteiger partial charge in [-0.15, -0.1) is 0 Å². The minimum absolute atomic E-state index is 0. The molecule has 6 N–H and O–H groups in total. The first-order valence-corrected chi connectivity index (χ1v) is 27.0. The maximum atomic E-state index is 11.9. The first-order valence-electron chi connectivity index (χ1n) is 27.0. The average molecular weight is 923 g/mol. The summed E-state index contributed by atoms with van der Waals surface area (Å²) in [6.45, 7) is 23.2. The van der Waals surface area contributed by atoms with E-state index in [9.17, 15) is 15.0 Å². The predicted octanol–water partition coefficient (Wildman–Crippen LogP) is 6.40. The van der Waals surface area contributed by atoms with Crippen molar-refractivity contribution in [1.82, 2.24) is 5.32 Å². The van der Waals surface area contributed by atoms with Crippen LogP contribution in [0.1, 0.15) is 216 Å². The van der Waals surface area contributed by atoms with E-state index in [1.54, 1.807) is 0 Å². The van der Waals surface area contributed by atoms with Gasteiger partial charge >= 0.3 is 6.09 Å². The lowest BCUT2D eigenvalue weighted by molar-refractivity contribution is -0.368. The highest BCUT2D eigenvalue weighted by atomic mass is 35.5. The van der Waals surface area contributed by atoms with Gasteiger partial charge in [0.05, 0.1) is 18.8 Å². The Morgan fingerprint density at radius 3 is 1.44 bits per heavy atom. The maximum absolute atomic E-state index is 11.9. The standard InChI is InChI=1S/C30H53NO3.C25H45NO.2ClH/c1-20(9-7-8-18-31-27(33)34-28(2,3)4)24-12-13-25-23-11-10-21-19-22(32)14-16-29(21,5)26(23)15-17-30(24,25)6;1-17(6-4-5-15-26)21-9-10-22-20-8-7-18-16-19(27)11-13-24(18,2)23(20)12-14-25(21,22)3;;/h20-26,32H,7-19H2,1-6H3,(H,31,33);17-23,27H,4-16,26H2,1-3H3;2*1H/p-1/t20?,21-,22-,23-,24+,25-,26-,29-,30+;17?,18-,19-,20-,21+,22-,23-,24-,25+;;/m00../s1. The molecule has 6 nitrogen and oxygen atoms in total. The summed E-state index contributed by atoms with van der Waals surface area (Å²) in [4.78, 5) is 11.9. The number of carbonyl (C=O) groups excluding carboxylic acids is 1. The zero-order valence-electron chi connectivity index (χ0n) is 42.1. The highest BCUT2D eigenvalue weighted by molar-refractivity contribution is 5.67. The van der Waals surface area contributed by atoms with E-state index < -0.39 is 5.60 Å². The van der Waals surface area contributed by atoms with Crippen molar-refractivity contribution in [3.63, 3.8) is 0 Å². The van der Waals surface area contributed by atoms with Crippen molar-refractivity contribution in [3.8, 4) is 0 Å². The summed E-state index contributed by atoms with van der Waals surface area (Å²) in [5, 5.41) is 23.4. The lowest BCUT2D eigenvalue weighted by atomic mass is 9.44. The third kappa shape index (κ3) is 11.0. The van der Waals surface area contributed by atoms with Crippen LogP contribution in [0.4, 0.5) is 4.79 Å². The van der Waals surface area contributed by atoms with E-state index >= 15 is 0 Å². The first kappa shape index (κ1) is 53.7. The molecule has 8 rings (SSSR count). The number of rotatable bonds is 11. The zero-order valence-corrected chi connectivity index (χ0v) is 43.7. The average Bonchev–Trinajstić information content (AvgIpc) is 3.75. The van der Waals surface area contributed by atoms with E-state index in [-0.39, 0.29) is 43.1 Å². The molecule has 0 aliphatic heterocycles. The molecule has 0 heterocycles. The number of aliphatic hydroxyl groups excluding tert-OH is 2. The quantitative estimate of drug-likeness (QED) is 0.180. The Morgan fingerprint density at radius 1 is 0.603 bits per heavy atom. The molecule has 8 aliphatic carbocycles. The minimum Gasteiger partial charge on any atom is -1.00 e. The van der Waals surface area contributed by atoms with Crippen LogP contribution in [0.5, 0.6) is 0 Å². The summed E-state index contributed by atoms with van der Waals surface area (Å²) in [6.07, 6.45) is 31.3. The molecule has 8 aliphatic rings. The van der Waals surface area contributed by atoms with Crippen LogP contribution in [-0.2, 0) is 4.74 Å². The van der Waals surface area contributed by atoms with Gasteiger partial charge in [0.15, 0.2) is 0 Å². The SMILES string of the molecule is CC(CCCCNC(=O)OC(C)(C)C)[C@H]1CC[C@H]2[C@@H]3CC[C@H]4C[C@@H](O)CC[C@]4(C)[C@H]3CC[C@]12C.CC(CCCC[NH3+])[C@H]1CC[C@H]2[C@@H]3CC[C@H]4C[C@@H](O)CC[C@]4(C)[C@H]3CC[C@]12C.[Cl-].[Cl-]. The monoisotopic (exact) mass is 922 g/mol. The van der Waals surface area contributed by atoms with Crippen LogP contribution >= 0.6 is 0 Å². The van der Waals surface area contributed by atoms with Crippen LogP contribution in [0.2, 0.25) is 0 Å². The lowest BCUT2D eigenvalue weighted by Crippen LogP contribution is -3.00. The second-order valence-electron chi connectivity index (χ2n) is 25.9. The molecule has 0 bridgehead atoms. The predicted molar refractivity (Wildman–Crippen MR) is 250 cm³/mol. The van der Waals surface area contributed by atoms with Gasteiger partial charge in [0.2, 0.25) is 0 Å². The van der Waals surface area contributed by atoms with Gasteiger partial charge in [0.25, 0.3) is 0 Å². The fourth-order valence-corrected chi connectivity index (χ4v) is 18.6. The highest BCUT2D eigenvalue weighted by Gasteiger charge is 2.62. The van der Waals surface area contributed by atoms with Crippen molar-refractivity contribution in [2.45, 2.75) is 234 Å². The third-order valence-electron chi connectivity index (χ3n) is 21.7. The summed E-state index contributed by atoms with van der Waals surface area (Å²) in [5.41, 5.74) is 5.75. The van der Waals surface area contributed by atoms with Crippen molar-refractivity contribution in [1.29, 1.82) is 0 Å². The molecule has 0 aromatic carbocycles. The Kier molecular flexibility index (Phi) is 18.4. The highest BCUT2D eigenvalue weighted by Crippen LogP contribution is 2.70. The van der Waals surface area contributed by atoms with E-state index in [1.807, 2.05) is 20.8 Å². The van der Waals surface area contributed by atoms with Gasteiger partial charge in [-0.1, -0.05) is 60.8 Å². The summed E-state index contributed by atoms with van der Waals surface area (Å²) in [6, 6.07) is 0. The van der Waals surface area contributed by atoms with Crippen molar-refractivity contribution < 1.29 is 50.3 Å². The number of carbonyl (C=O) groups is 1. The molecule has 18 atom stereocenters. The Bertz CT molecular complexity index is 1460. The van der Waals surface area contributed by atoms with Gasteiger partial charge in [-0.05, 0) is 248 Å². The lowest BCUT2D eigenvalue weighted by Gasteiger charge is -2.61. The van der Waals surface area contributed by atoms with Gasteiger partial charge in [0.1, 0.15) is 5.60 Å². The van der Waals surface area contributed by atoms with E-state index in [0.717, 1.165) is 110 Å². The smallest absolute Gasteiger partial charge is 0.407 e.